The van der Waals surface area contributed by atoms with Crippen LogP contribution in [0.25, 0.3) is 0 Å². The zero-order chi connectivity index (χ0) is 18.5. The van der Waals surface area contributed by atoms with Crippen molar-refractivity contribution in [3.05, 3.63) is 39.8 Å². The lowest BCUT2D eigenvalue weighted by Gasteiger charge is -2.18. The van der Waals surface area contributed by atoms with E-state index in [2.05, 4.69) is 15.3 Å². The second-order valence-corrected chi connectivity index (χ2v) is 8.01. The predicted octanol–water partition coefficient (Wildman–Crippen LogP) is 1.06. The highest BCUT2D eigenvalue weighted by Gasteiger charge is 2.21. The normalized spacial score (nSPS) is 16.3. The SMILES string of the molecule is CN(C)C[C@@H](O)c1cc2n(n1)CCCN(CC(=O)NCc1cccs1)C2. The highest BCUT2D eigenvalue weighted by molar-refractivity contribution is 7.09. The van der Waals surface area contributed by atoms with Crippen LogP contribution < -0.4 is 5.32 Å². The molecule has 2 aromatic heterocycles. The number of fused-ring (bicyclic) bond motifs is 1. The van der Waals surface area contributed by atoms with Crippen LogP contribution in [0.1, 0.15) is 28.8 Å². The highest BCUT2D eigenvalue weighted by Crippen LogP contribution is 2.18. The molecule has 1 aliphatic heterocycles. The minimum absolute atomic E-state index is 0.0410. The third kappa shape index (κ3) is 5.14. The maximum absolute atomic E-state index is 12.2. The van der Waals surface area contributed by atoms with Crippen LogP contribution in [0.3, 0.4) is 0 Å². The molecule has 3 rings (SSSR count). The minimum Gasteiger partial charge on any atom is -0.385 e. The molecule has 142 valence electrons. The van der Waals surface area contributed by atoms with Crippen molar-refractivity contribution in [2.45, 2.75) is 32.2 Å². The number of rotatable bonds is 7. The number of nitrogens with zero attached hydrogens (tertiary/aromatic N) is 4. The van der Waals surface area contributed by atoms with Crippen LogP contribution in [-0.2, 0) is 24.4 Å². The van der Waals surface area contributed by atoms with Crippen LogP contribution in [0.2, 0.25) is 0 Å². The molecule has 0 spiro atoms. The summed E-state index contributed by atoms with van der Waals surface area (Å²) in [6.45, 7) is 3.87. The molecule has 0 aliphatic carbocycles. The Morgan fingerprint density at radius 3 is 3.04 bits per heavy atom. The van der Waals surface area contributed by atoms with Gasteiger partial charge in [0.15, 0.2) is 0 Å². The molecule has 0 saturated heterocycles. The Labute approximate surface area is 158 Å². The molecule has 0 fully saturated rings. The number of thiophene rings is 1. The summed E-state index contributed by atoms with van der Waals surface area (Å²) in [7, 11) is 3.86. The zero-order valence-corrected chi connectivity index (χ0v) is 16.2. The molecule has 0 unspecified atom stereocenters. The van der Waals surface area contributed by atoms with E-state index in [1.807, 2.05) is 47.3 Å². The Morgan fingerprint density at radius 2 is 2.31 bits per heavy atom. The molecule has 0 aromatic carbocycles. The molecule has 3 heterocycles. The van der Waals surface area contributed by atoms with Crippen LogP contribution >= 0.6 is 11.3 Å². The summed E-state index contributed by atoms with van der Waals surface area (Å²) in [4.78, 5) is 17.5. The molecule has 1 amide bonds. The molecule has 2 aromatic rings. The van der Waals surface area contributed by atoms with Gasteiger partial charge in [0, 0.05) is 31.1 Å². The van der Waals surface area contributed by atoms with Gasteiger partial charge in [-0.05, 0) is 38.0 Å². The first-order valence-corrected chi connectivity index (χ1v) is 9.80. The van der Waals surface area contributed by atoms with E-state index in [0.717, 1.165) is 30.1 Å². The highest BCUT2D eigenvalue weighted by atomic mass is 32.1. The van der Waals surface area contributed by atoms with E-state index in [1.165, 1.54) is 0 Å². The number of carbonyl (C=O) groups is 1. The summed E-state index contributed by atoms with van der Waals surface area (Å²) in [5, 5.41) is 19.8. The van der Waals surface area contributed by atoms with Gasteiger partial charge < -0.3 is 15.3 Å². The van der Waals surface area contributed by atoms with Crippen molar-refractivity contribution >= 4 is 17.2 Å². The van der Waals surface area contributed by atoms with E-state index in [4.69, 9.17) is 0 Å². The smallest absolute Gasteiger partial charge is 0.234 e. The van der Waals surface area contributed by atoms with Gasteiger partial charge in [-0.15, -0.1) is 11.3 Å². The van der Waals surface area contributed by atoms with Gasteiger partial charge in [0.05, 0.1) is 24.5 Å². The molecule has 26 heavy (non-hydrogen) atoms. The maximum atomic E-state index is 12.2. The van der Waals surface area contributed by atoms with Crippen molar-refractivity contribution in [3.8, 4) is 0 Å². The lowest BCUT2D eigenvalue weighted by molar-refractivity contribution is -0.122. The quantitative estimate of drug-likeness (QED) is 0.755. The van der Waals surface area contributed by atoms with Crippen LogP contribution in [0.4, 0.5) is 0 Å². The molecular formula is C18H27N5O2S. The molecule has 2 N–H and O–H groups in total. The third-order valence-electron chi connectivity index (χ3n) is 4.40. The van der Waals surface area contributed by atoms with Gasteiger partial charge in [-0.25, -0.2) is 0 Å². The number of aliphatic hydroxyl groups excluding tert-OH is 1. The fourth-order valence-electron chi connectivity index (χ4n) is 3.15. The Balaban J connectivity index is 1.56. The van der Waals surface area contributed by atoms with Crippen LogP contribution in [0.5, 0.6) is 0 Å². The van der Waals surface area contributed by atoms with E-state index in [1.54, 1.807) is 11.3 Å². The first-order valence-electron chi connectivity index (χ1n) is 8.92. The number of likely N-dealkylation sites (N-methyl/N-ethyl adjacent to an activating group) is 1. The topological polar surface area (TPSA) is 73.6 Å². The lowest BCUT2D eigenvalue weighted by Crippen LogP contribution is -2.36. The Hall–Kier alpha value is -1.74. The van der Waals surface area contributed by atoms with E-state index in [-0.39, 0.29) is 5.91 Å². The second-order valence-electron chi connectivity index (χ2n) is 6.98. The Bertz CT molecular complexity index is 713. The summed E-state index contributed by atoms with van der Waals surface area (Å²) < 4.78 is 1.97. The van der Waals surface area contributed by atoms with Gasteiger partial charge >= 0.3 is 0 Å². The molecule has 1 atom stereocenters. The first kappa shape index (κ1) is 19.0. The van der Waals surface area contributed by atoms with Crippen molar-refractivity contribution in [3.63, 3.8) is 0 Å². The Kier molecular flexibility index (Phi) is 6.42. The number of aromatic nitrogens is 2. The lowest BCUT2D eigenvalue weighted by atomic mass is 10.2. The minimum atomic E-state index is -0.591. The van der Waals surface area contributed by atoms with E-state index in [9.17, 15) is 9.90 Å². The van der Waals surface area contributed by atoms with Crippen molar-refractivity contribution in [1.29, 1.82) is 0 Å². The molecule has 0 bridgehead atoms. The van der Waals surface area contributed by atoms with Crippen molar-refractivity contribution in [1.82, 2.24) is 24.9 Å². The average molecular weight is 378 g/mol. The molecule has 7 nitrogen and oxygen atoms in total. The van der Waals surface area contributed by atoms with Gasteiger partial charge in [0.1, 0.15) is 6.10 Å². The van der Waals surface area contributed by atoms with E-state index in [0.29, 0.717) is 31.9 Å². The number of aryl methyl sites for hydroxylation is 1. The number of aliphatic hydroxyl groups is 1. The summed E-state index contributed by atoms with van der Waals surface area (Å²) in [6.07, 6.45) is 0.350. The third-order valence-corrected chi connectivity index (χ3v) is 5.28. The van der Waals surface area contributed by atoms with Gasteiger partial charge in [-0.3, -0.25) is 14.4 Å². The molecule has 0 saturated carbocycles. The van der Waals surface area contributed by atoms with Gasteiger partial charge in [-0.2, -0.15) is 5.10 Å². The summed E-state index contributed by atoms with van der Waals surface area (Å²) in [5.74, 6) is 0.0410. The molecular weight excluding hydrogens is 350 g/mol. The van der Waals surface area contributed by atoms with Gasteiger partial charge in [-0.1, -0.05) is 6.07 Å². The monoisotopic (exact) mass is 377 g/mol. The van der Waals surface area contributed by atoms with Crippen molar-refractivity contribution in [2.24, 2.45) is 0 Å². The standard InChI is InChI=1S/C18H27N5O2S/c1-21(2)12-17(24)16-9-14-11-22(6-4-7-23(14)20-16)13-18(25)19-10-15-5-3-8-26-15/h3,5,8-9,17,24H,4,6-7,10-13H2,1-2H3,(H,19,25)/t17-/m1/s1. The van der Waals surface area contributed by atoms with Crippen LogP contribution in [0, 0.1) is 0 Å². The number of nitrogens with one attached hydrogen (secondary N) is 1. The number of hydrogen-bond donors (Lipinski definition) is 2. The summed E-state index contributed by atoms with van der Waals surface area (Å²) in [5.41, 5.74) is 1.76. The van der Waals surface area contributed by atoms with Crippen molar-refractivity contribution in [2.75, 3.05) is 33.7 Å². The average Bonchev–Trinajstić information content (AvgIpc) is 3.19. The Morgan fingerprint density at radius 1 is 1.46 bits per heavy atom. The second kappa shape index (κ2) is 8.77. The van der Waals surface area contributed by atoms with Crippen molar-refractivity contribution < 1.29 is 9.90 Å². The largest absolute Gasteiger partial charge is 0.385 e. The fraction of sp³-hybridized carbons (Fsp3) is 0.556. The molecule has 0 radical (unpaired) electrons. The zero-order valence-electron chi connectivity index (χ0n) is 15.4. The van der Waals surface area contributed by atoms with E-state index >= 15 is 0 Å². The summed E-state index contributed by atoms with van der Waals surface area (Å²) >= 11 is 1.65. The molecule has 1 aliphatic rings. The first-order chi connectivity index (χ1) is 12.5. The maximum Gasteiger partial charge on any atom is 0.234 e. The van der Waals surface area contributed by atoms with E-state index < -0.39 is 6.10 Å². The fourth-order valence-corrected chi connectivity index (χ4v) is 3.79. The van der Waals surface area contributed by atoms with Crippen LogP contribution in [-0.4, -0.2) is 64.3 Å². The molecule has 8 heteroatoms. The number of carbonyl (C=O) groups excluding carboxylic acids is 1. The van der Waals surface area contributed by atoms with Crippen LogP contribution in [0.15, 0.2) is 23.6 Å². The number of hydrogen-bond acceptors (Lipinski definition) is 6. The number of amides is 1. The van der Waals surface area contributed by atoms with Gasteiger partial charge in [0.25, 0.3) is 0 Å². The summed E-state index contributed by atoms with van der Waals surface area (Å²) in [6, 6.07) is 5.98. The predicted molar refractivity (Wildman–Crippen MR) is 102 cm³/mol. The van der Waals surface area contributed by atoms with Gasteiger partial charge in [0.2, 0.25) is 5.91 Å².